The van der Waals surface area contributed by atoms with Crippen LogP contribution in [0.1, 0.15) is 42.6 Å². The van der Waals surface area contributed by atoms with Gasteiger partial charge in [0.15, 0.2) is 5.69 Å². The van der Waals surface area contributed by atoms with Crippen molar-refractivity contribution < 1.29 is 19.1 Å². The average Bonchev–Trinajstić information content (AvgIpc) is 2.77. The zero-order valence-electron chi connectivity index (χ0n) is 18.6. The number of aromatic nitrogens is 2. The van der Waals surface area contributed by atoms with E-state index in [0.717, 1.165) is 4.57 Å². The molecule has 0 spiro atoms. The third-order valence-corrected chi connectivity index (χ3v) is 4.87. The Morgan fingerprint density at radius 2 is 1.91 bits per heavy atom. The van der Waals surface area contributed by atoms with E-state index >= 15 is 0 Å². The van der Waals surface area contributed by atoms with E-state index in [1.807, 2.05) is 0 Å². The first kappa shape index (κ1) is 23.6. The number of benzene rings is 1. The van der Waals surface area contributed by atoms with E-state index in [1.54, 1.807) is 20.8 Å². The van der Waals surface area contributed by atoms with Crippen molar-refractivity contribution in [1.82, 2.24) is 25.6 Å². The van der Waals surface area contributed by atoms with E-state index in [-0.39, 0.29) is 24.7 Å². The van der Waals surface area contributed by atoms with Crippen molar-refractivity contribution in [3.63, 3.8) is 0 Å². The lowest BCUT2D eigenvalue weighted by atomic mass is 10.0. The lowest BCUT2D eigenvalue weighted by molar-refractivity contribution is -0.116. The highest BCUT2D eigenvalue weighted by atomic mass is 19.1. The van der Waals surface area contributed by atoms with E-state index in [4.69, 9.17) is 0 Å². The molecule has 0 radical (unpaired) electrons. The molecule has 3 rings (SSSR count). The number of halogens is 1. The van der Waals surface area contributed by atoms with Crippen LogP contribution >= 0.6 is 0 Å². The Morgan fingerprint density at radius 3 is 2.52 bits per heavy atom. The van der Waals surface area contributed by atoms with Crippen LogP contribution < -0.4 is 21.6 Å². The number of nitrogens with zero attached hydrogens (tertiary/aromatic N) is 4. The summed E-state index contributed by atoms with van der Waals surface area (Å²) < 4.78 is 14.1. The first-order chi connectivity index (χ1) is 15.5. The van der Waals surface area contributed by atoms with Gasteiger partial charge in [-0.2, -0.15) is 5.10 Å². The van der Waals surface area contributed by atoms with Gasteiger partial charge in [0.25, 0.3) is 17.4 Å². The lowest BCUT2D eigenvalue weighted by Gasteiger charge is -2.28. The molecule has 2 heterocycles. The number of rotatable bonds is 6. The molecule has 0 fully saturated rings. The molecule has 174 valence electrons. The predicted molar refractivity (Wildman–Crippen MR) is 118 cm³/mol. The first-order valence-corrected chi connectivity index (χ1v) is 9.99. The molecule has 1 aromatic carbocycles. The minimum Gasteiger partial charge on any atom is -0.501 e. The summed E-state index contributed by atoms with van der Waals surface area (Å²) in [6.45, 7) is 5.22. The van der Waals surface area contributed by atoms with Gasteiger partial charge in [0.2, 0.25) is 11.6 Å². The molecule has 1 aromatic heterocycles. The molecule has 2 aromatic rings. The maximum absolute atomic E-state index is 13.1. The Bertz CT molecular complexity index is 1220. The maximum atomic E-state index is 13.1. The Kier molecular flexibility index (Phi) is 6.56. The second-order valence-electron chi connectivity index (χ2n) is 8.01. The van der Waals surface area contributed by atoms with Crippen LogP contribution in [0.25, 0.3) is 0 Å². The number of amidine groups is 1. The van der Waals surface area contributed by atoms with Crippen molar-refractivity contribution in [1.29, 1.82) is 0 Å². The standard InChI is InChI=1S/C21H24FN7O4/c1-11-9-23-16(28-27-11)18(32)26-21(2,3)20-25-14(15(30)19(33)29(20)4)17(31)24-10-12-5-7-13(22)8-6-12/h5-8,30H,9-10H2,1-4H3,(H,23,28)(H,24,31)(H,26,32). The highest BCUT2D eigenvalue weighted by Gasteiger charge is 2.32. The average molecular weight is 457 g/mol. The van der Waals surface area contributed by atoms with Crippen LogP contribution in [0.15, 0.2) is 39.2 Å². The number of amides is 2. The van der Waals surface area contributed by atoms with Crippen LogP contribution in [0.4, 0.5) is 4.39 Å². The van der Waals surface area contributed by atoms with Gasteiger partial charge in [-0.15, -0.1) is 0 Å². The lowest BCUT2D eigenvalue weighted by Crippen LogP contribution is -2.50. The van der Waals surface area contributed by atoms with Crippen molar-refractivity contribution in [3.8, 4) is 5.75 Å². The Hall–Kier alpha value is -4.09. The van der Waals surface area contributed by atoms with Gasteiger partial charge in [-0.25, -0.2) is 9.37 Å². The van der Waals surface area contributed by atoms with Crippen molar-refractivity contribution >= 4 is 23.4 Å². The molecule has 0 unspecified atom stereocenters. The maximum Gasteiger partial charge on any atom is 0.296 e. The third kappa shape index (κ3) is 5.22. The van der Waals surface area contributed by atoms with Gasteiger partial charge in [0, 0.05) is 13.6 Å². The van der Waals surface area contributed by atoms with Crippen LogP contribution in [0.5, 0.6) is 5.75 Å². The molecule has 0 saturated heterocycles. The second kappa shape index (κ2) is 9.18. The van der Waals surface area contributed by atoms with Crippen molar-refractivity contribution in [3.05, 3.63) is 57.5 Å². The van der Waals surface area contributed by atoms with Crippen LogP contribution in [-0.4, -0.2) is 44.6 Å². The van der Waals surface area contributed by atoms with E-state index in [9.17, 15) is 23.9 Å². The number of carbonyl (C=O) groups is 2. The number of hydrogen-bond acceptors (Lipinski definition) is 8. The van der Waals surface area contributed by atoms with E-state index in [0.29, 0.717) is 11.3 Å². The molecule has 0 atom stereocenters. The summed E-state index contributed by atoms with van der Waals surface area (Å²) in [5.74, 6) is -2.61. The van der Waals surface area contributed by atoms with E-state index < -0.39 is 40.2 Å². The van der Waals surface area contributed by atoms with Crippen LogP contribution in [0, 0.1) is 5.82 Å². The smallest absolute Gasteiger partial charge is 0.296 e. The Labute approximate surface area is 188 Å². The molecule has 33 heavy (non-hydrogen) atoms. The molecular weight excluding hydrogens is 433 g/mol. The fourth-order valence-electron chi connectivity index (χ4n) is 3.11. The van der Waals surface area contributed by atoms with Crippen molar-refractivity contribution in [2.75, 3.05) is 6.54 Å². The van der Waals surface area contributed by atoms with Gasteiger partial charge in [-0.05, 0) is 38.5 Å². The fraction of sp³-hybridized carbons (Fsp3) is 0.333. The van der Waals surface area contributed by atoms with Gasteiger partial charge in [-0.1, -0.05) is 12.1 Å². The molecule has 12 heteroatoms. The van der Waals surface area contributed by atoms with Gasteiger partial charge < -0.3 is 15.7 Å². The van der Waals surface area contributed by atoms with Crippen LogP contribution in [0.2, 0.25) is 0 Å². The van der Waals surface area contributed by atoms with Crippen molar-refractivity contribution in [2.24, 2.45) is 17.1 Å². The molecule has 2 amide bonds. The number of hydrazone groups is 1. The minimum atomic E-state index is -1.23. The van der Waals surface area contributed by atoms with Crippen molar-refractivity contribution in [2.45, 2.75) is 32.9 Å². The summed E-state index contributed by atoms with van der Waals surface area (Å²) in [7, 11) is 1.36. The number of aliphatic imine (C=N–C) groups is 1. The third-order valence-electron chi connectivity index (χ3n) is 4.87. The Balaban J connectivity index is 1.84. The molecule has 11 nitrogen and oxygen atoms in total. The molecule has 4 N–H and O–H groups in total. The number of aromatic hydroxyl groups is 1. The predicted octanol–water partition coefficient (Wildman–Crippen LogP) is 0.284. The molecule has 1 aliphatic rings. The fourth-order valence-corrected chi connectivity index (χ4v) is 3.11. The van der Waals surface area contributed by atoms with Crippen LogP contribution in [-0.2, 0) is 23.9 Å². The van der Waals surface area contributed by atoms with Crippen LogP contribution in [0.3, 0.4) is 0 Å². The van der Waals surface area contributed by atoms with Gasteiger partial charge in [-0.3, -0.25) is 29.4 Å². The monoisotopic (exact) mass is 457 g/mol. The largest absolute Gasteiger partial charge is 0.501 e. The molecular formula is C21H24FN7O4. The topological polar surface area (TPSA) is 150 Å². The summed E-state index contributed by atoms with van der Waals surface area (Å²) in [4.78, 5) is 46.1. The quantitative estimate of drug-likeness (QED) is 0.490. The molecule has 0 aliphatic carbocycles. The summed E-state index contributed by atoms with van der Waals surface area (Å²) in [5, 5.41) is 19.4. The van der Waals surface area contributed by atoms with Gasteiger partial charge in [0.05, 0.1) is 17.8 Å². The zero-order chi connectivity index (χ0) is 24.3. The Morgan fingerprint density at radius 1 is 1.24 bits per heavy atom. The minimum absolute atomic E-state index is 0.00489. The number of nitrogens with one attached hydrogen (secondary N) is 3. The van der Waals surface area contributed by atoms with Gasteiger partial charge in [0.1, 0.15) is 11.6 Å². The summed E-state index contributed by atoms with van der Waals surface area (Å²) in [6, 6.07) is 5.48. The summed E-state index contributed by atoms with van der Waals surface area (Å²) in [6.07, 6.45) is 0. The zero-order valence-corrected chi connectivity index (χ0v) is 18.6. The SMILES string of the molecule is CC1=NNC(C(=O)NC(C)(C)c2nc(C(=O)NCc3ccc(F)cc3)c(O)c(=O)n2C)=NC1. The number of hydrogen-bond donors (Lipinski definition) is 4. The molecule has 1 aliphatic heterocycles. The number of carbonyl (C=O) groups excluding carboxylic acids is 2. The highest BCUT2D eigenvalue weighted by molar-refractivity contribution is 6.38. The molecule has 0 bridgehead atoms. The van der Waals surface area contributed by atoms with E-state index in [2.05, 4.69) is 31.1 Å². The highest BCUT2D eigenvalue weighted by Crippen LogP contribution is 2.20. The molecule has 0 saturated carbocycles. The normalized spacial score (nSPS) is 13.5. The first-order valence-electron chi connectivity index (χ1n) is 9.99. The summed E-state index contributed by atoms with van der Waals surface area (Å²) >= 11 is 0. The second-order valence-corrected chi connectivity index (χ2v) is 8.01. The summed E-state index contributed by atoms with van der Waals surface area (Å²) in [5.41, 5.74) is 1.29. The van der Waals surface area contributed by atoms with E-state index in [1.165, 1.54) is 31.3 Å². The van der Waals surface area contributed by atoms with Gasteiger partial charge >= 0.3 is 0 Å².